The molecule has 1 rings (SSSR count). The minimum atomic E-state index is -3.53. The molecule has 1 aromatic carbocycles. The van der Waals surface area contributed by atoms with Gasteiger partial charge in [-0.25, -0.2) is 13.2 Å². The van der Waals surface area contributed by atoms with Gasteiger partial charge in [0.1, 0.15) is 12.6 Å². The Morgan fingerprint density at radius 1 is 1.50 bits per heavy atom. The molecule has 0 aliphatic carbocycles. The molecule has 0 fully saturated rings. The van der Waals surface area contributed by atoms with Crippen LogP contribution in [0.15, 0.2) is 18.2 Å². The van der Waals surface area contributed by atoms with Crippen LogP contribution >= 0.6 is 0 Å². The molecule has 0 aliphatic rings. The molecule has 16 heavy (non-hydrogen) atoms. The minimum absolute atomic E-state index is 0.179. The van der Waals surface area contributed by atoms with Crippen LogP contribution in [-0.2, 0) is 0 Å². The van der Waals surface area contributed by atoms with Crippen molar-refractivity contribution in [2.75, 3.05) is 13.7 Å². The van der Waals surface area contributed by atoms with E-state index in [0.717, 1.165) is 13.2 Å². The van der Waals surface area contributed by atoms with Crippen LogP contribution in [0.1, 0.15) is 11.6 Å². The van der Waals surface area contributed by atoms with Crippen LogP contribution in [0, 0.1) is 5.82 Å². The summed E-state index contributed by atoms with van der Waals surface area (Å²) in [6, 6.07) is 1.74. The molecule has 90 valence electrons. The summed E-state index contributed by atoms with van der Waals surface area (Å²) in [5.74, 6) is -4.63. The predicted octanol–water partition coefficient (Wildman–Crippen LogP) is 1.46. The van der Waals surface area contributed by atoms with E-state index < -0.39 is 24.4 Å². The summed E-state index contributed by atoms with van der Waals surface area (Å²) in [4.78, 5) is 0. The number of rotatable bonds is 4. The number of halogens is 3. The Morgan fingerprint density at radius 2 is 2.12 bits per heavy atom. The molecular formula is C10H12F3NO2. The average molecular weight is 235 g/mol. The molecule has 3 N–H and O–H groups in total. The highest BCUT2D eigenvalue weighted by molar-refractivity contribution is 5.38. The SMILES string of the molecule is COc1c(F)cccc1[C@H](N)C(F)(F)CO. The number of hydrogen-bond donors (Lipinski definition) is 2. The zero-order chi connectivity index (χ0) is 12.3. The zero-order valence-corrected chi connectivity index (χ0v) is 8.58. The van der Waals surface area contributed by atoms with Gasteiger partial charge in [-0.05, 0) is 6.07 Å². The van der Waals surface area contributed by atoms with Gasteiger partial charge in [0.25, 0.3) is 5.92 Å². The second-order valence-corrected chi connectivity index (χ2v) is 3.26. The quantitative estimate of drug-likeness (QED) is 0.830. The van der Waals surface area contributed by atoms with E-state index in [0.29, 0.717) is 0 Å². The molecule has 0 saturated carbocycles. The first kappa shape index (κ1) is 12.8. The molecule has 0 amide bonds. The van der Waals surface area contributed by atoms with Crippen LogP contribution in [0.3, 0.4) is 0 Å². The van der Waals surface area contributed by atoms with Gasteiger partial charge < -0.3 is 15.6 Å². The summed E-state index contributed by atoms with van der Waals surface area (Å²) in [5.41, 5.74) is 5.09. The van der Waals surface area contributed by atoms with Crippen molar-refractivity contribution < 1.29 is 23.0 Å². The smallest absolute Gasteiger partial charge is 0.289 e. The van der Waals surface area contributed by atoms with Gasteiger partial charge in [0, 0.05) is 5.56 Å². The molecule has 0 bridgehead atoms. The van der Waals surface area contributed by atoms with E-state index >= 15 is 0 Å². The van der Waals surface area contributed by atoms with Crippen LogP contribution in [0.25, 0.3) is 0 Å². The maximum atomic E-state index is 13.2. The van der Waals surface area contributed by atoms with Crippen molar-refractivity contribution in [3.05, 3.63) is 29.6 Å². The third-order valence-electron chi connectivity index (χ3n) is 2.20. The zero-order valence-electron chi connectivity index (χ0n) is 8.58. The number of aliphatic hydroxyl groups excluding tert-OH is 1. The topological polar surface area (TPSA) is 55.5 Å². The standard InChI is InChI=1S/C10H12F3NO2/c1-16-8-6(3-2-4-7(8)11)9(14)10(12,13)5-15/h2-4,9,15H,5,14H2,1H3/t9-/m0/s1. The normalized spacial score (nSPS) is 13.6. The number of ether oxygens (including phenoxy) is 1. The number of hydrogen-bond acceptors (Lipinski definition) is 3. The van der Waals surface area contributed by atoms with Crippen LogP contribution in [0.5, 0.6) is 5.75 Å². The Morgan fingerprint density at radius 3 is 2.62 bits per heavy atom. The fourth-order valence-corrected chi connectivity index (χ4v) is 1.31. The Labute approximate surface area is 90.6 Å². The Kier molecular flexibility index (Phi) is 3.77. The Bertz CT molecular complexity index is 371. The summed E-state index contributed by atoms with van der Waals surface area (Å²) >= 11 is 0. The lowest BCUT2D eigenvalue weighted by Crippen LogP contribution is -2.36. The second kappa shape index (κ2) is 4.71. The number of alkyl halides is 2. The summed E-state index contributed by atoms with van der Waals surface area (Å²) in [5, 5.41) is 8.49. The molecule has 0 radical (unpaired) electrons. The second-order valence-electron chi connectivity index (χ2n) is 3.26. The van der Waals surface area contributed by atoms with E-state index in [-0.39, 0.29) is 11.3 Å². The van der Waals surface area contributed by atoms with Gasteiger partial charge in [-0.3, -0.25) is 0 Å². The summed E-state index contributed by atoms with van der Waals surface area (Å²) < 4.78 is 44.1. The first-order chi connectivity index (χ1) is 7.44. The van der Waals surface area contributed by atoms with Crippen LogP contribution in [0.4, 0.5) is 13.2 Å². The highest BCUT2D eigenvalue weighted by atomic mass is 19.3. The van der Waals surface area contributed by atoms with Crippen LogP contribution in [0.2, 0.25) is 0 Å². The van der Waals surface area contributed by atoms with Gasteiger partial charge >= 0.3 is 0 Å². The number of aliphatic hydroxyl groups is 1. The number of nitrogens with two attached hydrogens (primary N) is 1. The van der Waals surface area contributed by atoms with E-state index in [4.69, 9.17) is 10.8 Å². The molecule has 0 aromatic heterocycles. The van der Waals surface area contributed by atoms with Gasteiger partial charge in [0.2, 0.25) is 0 Å². The number of para-hydroxylation sites is 1. The van der Waals surface area contributed by atoms with Gasteiger partial charge in [-0.1, -0.05) is 12.1 Å². The molecule has 0 unspecified atom stereocenters. The molecule has 0 saturated heterocycles. The Hall–Kier alpha value is -1.27. The van der Waals surface area contributed by atoms with Crippen LogP contribution < -0.4 is 10.5 Å². The van der Waals surface area contributed by atoms with Crippen molar-refractivity contribution in [1.82, 2.24) is 0 Å². The minimum Gasteiger partial charge on any atom is -0.493 e. The largest absolute Gasteiger partial charge is 0.493 e. The Balaban J connectivity index is 3.18. The molecule has 0 aliphatic heterocycles. The third-order valence-corrected chi connectivity index (χ3v) is 2.20. The van der Waals surface area contributed by atoms with Crippen LogP contribution in [-0.4, -0.2) is 24.7 Å². The fraction of sp³-hybridized carbons (Fsp3) is 0.400. The monoisotopic (exact) mass is 235 g/mol. The van der Waals surface area contributed by atoms with Crippen molar-refractivity contribution in [3.8, 4) is 5.75 Å². The van der Waals surface area contributed by atoms with E-state index in [2.05, 4.69) is 4.74 Å². The number of benzene rings is 1. The maximum Gasteiger partial charge on any atom is 0.289 e. The summed E-state index contributed by atoms with van der Waals surface area (Å²) in [7, 11) is 1.16. The average Bonchev–Trinajstić information content (AvgIpc) is 2.27. The lowest BCUT2D eigenvalue weighted by Gasteiger charge is -2.23. The van der Waals surface area contributed by atoms with E-state index in [1.165, 1.54) is 12.1 Å². The first-order valence-electron chi connectivity index (χ1n) is 4.50. The lowest BCUT2D eigenvalue weighted by molar-refractivity contribution is -0.0716. The number of methoxy groups -OCH3 is 1. The molecular weight excluding hydrogens is 223 g/mol. The molecule has 1 atom stereocenters. The highest BCUT2D eigenvalue weighted by Crippen LogP contribution is 2.35. The summed E-state index contributed by atoms with van der Waals surface area (Å²) in [6.07, 6.45) is 0. The molecule has 6 heteroatoms. The molecule has 3 nitrogen and oxygen atoms in total. The molecule has 0 heterocycles. The van der Waals surface area contributed by atoms with Gasteiger partial charge in [-0.2, -0.15) is 0 Å². The van der Waals surface area contributed by atoms with E-state index in [1.807, 2.05) is 0 Å². The fourth-order valence-electron chi connectivity index (χ4n) is 1.31. The van der Waals surface area contributed by atoms with Crippen molar-refractivity contribution in [2.24, 2.45) is 5.73 Å². The predicted molar refractivity (Wildman–Crippen MR) is 51.9 cm³/mol. The highest BCUT2D eigenvalue weighted by Gasteiger charge is 2.39. The van der Waals surface area contributed by atoms with Crippen molar-refractivity contribution in [3.63, 3.8) is 0 Å². The van der Waals surface area contributed by atoms with Gasteiger partial charge in [0.05, 0.1) is 7.11 Å². The van der Waals surface area contributed by atoms with Gasteiger partial charge in [-0.15, -0.1) is 0 Å². The van der Waals surface area contributed by atoms with E-state index in [9.17, 15) is 13.2 Å². The van der Waals surface area contributed by atoms with Crippen molar-refractivity contribution >= 4 is 0 Å². The third kappa shape index (κ3) is 2.28. The first-order valence-corrected chi connectivity index (χ1v) is 4.50. The van der Waals surface area contributed by atoms with Crippen molar-refractivity contribution in [2.45, 2.75) is 12.0 Å². The van der Waals surface area contributed by atoms with Crippen molar-refractivity contribution in [1.29, 1.82) is 0 Å². The maximum absolute atomic E-state index is 13.2. The molecule has 0 spiro atoms. The van der Waals surface area contributed by atoms with E-state index in [1.54, 1.807) is 0 Å². The molecule has 1 aromatic rings. The summed E-state index contributed by atoms with van der Waals surface area (Å²) in [6.45, 7) is -1.41. The lowest BCUT2D eigenvalue weighted by atomic mass is 10.0. The van der Waals surface area contributed by atoms with Gasteiger partial charge in [0.15, 0.2) is 11.6 Å².